The maximum atomic E-state index is 11.7. The van der Waals surface area contributed by atoms with E-state index in [1.807, 2.05) is 26.0 Å². The minimum atomic E-state index is -0.529. The summed E-state index contributed by atoms with van der Waals surface area (Å²) in [6.07, 6.45) is 0. The number of aromatic hydroxyl groups is 1. The summed E-state index contributed by atoms with van der Waals surface area (Å²) in [6.45, 7) is 11.4. The van der Waals surface area contributed by atoms with Crippen molar-refractivity contribution in [2.45, 2.75) is 33.7 Å². The molecule has 0 heterocycles. The summed E-state index contributed by atoms with van der Waals surface area (Å²) >= 11 is 0. The van der Waals surface area contributed by atoms with Crippen molar-refractivity contribution in [3.05, 3.63) is 28.8 Å². The highest BCUT2D eigenvalue weighted by Crippen LogP contribution is 2.26. The molecule has 0 aromatic heterocycles. The van der Waals surface area contributed by atoms with Crippen molar-refractivity contribution in [3.8, 4) is 5.75 Å². The van der Waals surface area contributed by atoms with Gasteiger partial charge in [0.2, 0.25) is 5.91 Å². The first-order chi connectivity index (χ1) is 9.90. The molecule has 1 rings (SSSR count). The minimum Gasteiger partial charge on any atom is -0.507 e. The van der Waals surface area contributed by atoms with Gasteiger partial charge in [0.15, 0.2) is 0 Å². The number of phenols is 1. The second-order valence-electron chi connectivity index (χ2n) is 5.32. The fourth-order valence-electron chi connectivity index (χ4n) is 2.45. The van der Waals surface area contributed by atoms with E-state index in [0.29, 0.717) is 6.54 Å². The number of carbonyl (C=O) groups is 1. The molecule has 1 amide bonds. The zero-order valence-electron chi connectivity index (χ0n) is 13.4. The second-order valence-corrected chi connectivity index (χ2v) is 5.32. The standard InChI is InChI=1S/C16H27N3O2/c1-5-19(6-2)8-7-18-14(16(17)21)13-9-11(3)15(20)12(4)10-13/h9-10,14,18,20H,5-8H2,1-4H3,(H2,17,21). The van der Waals surface area contributed by atoms with Crippen LogP contribution in [0.3, 0.4) is 0 Å². The highest BCUT2D eigenvalue weighted by Gasteiger charge is 2.19. The summed E-state index contributed by atoms with van der Waals surface area (Å²) in [5, 5.41) is 13.0. The molecule has 0 bridgehead atoms. The molecule has 4 N–H and O–H groups in total. The summed E-state index contributed by atoms with van der Waals surface area (Å²) in [4.78, 5) is 14.0. The number of phenolic OH excluding ortho intramolecular Hbond substituents is 1. The average molecular weight is 293 g/mol. The highest BCUT2D eigenvalue weighted by molar-refractivity contribution is 5.81. The van der Waals surface area contributed by atoms with Crippen LogP contribution in [-0.2, 0) is 4.79 Å². The Morgan fingerprint density at radius 3 is 2.24 bits per heavy atom. The van der Waals surface area contributed by atoms with Crippen LogP contribution in [0.25, 0.3) is 0 Å². The van der Waals surface area contributed by atoms with E-state index < -0.39 is 11.9 Å². The number of nitrogens with zero attached hydrogens (tertiary/aromatic N) is 1. The van der Waals surface area contributed by atoms with Gasteiger partial charge >= 0.3 is 0 Å². The van der Waals surface area contributed by atoms with Gasteiger partial charge in [0.1, 0.15) is 11.8 Å². The molecule has 118 valence electrons. The molecule has 21 heavy (non-hydrogen) atoms. The van der Waals surface area contributed by atoms with Crippen LogP contribution in [0, 0.1) is 13.8 Å². The van der Waals surface area contributed by atoms with Gasteiger partial charge in [0.25, 0.3) is 0 Å². The maximum Gasteiger partial charge on any atom is 0.239 e. The Kier molecular flexibility index (Phi) is 6.65. The third kappa shape index (κ3) is 4.72. The number of primary amides is 1. The van der Waals surface area contributed by atoms with Crippen molar-refractivity contribution in [1.29, 1.82) is 0 Å². The smallest absolute Gasteiger partial charge is 0.239 e. The zero-order valence-corrected chi connectivity index (χ0v) is 13.4. The topological polar surface area (TPSA) is 78.6 Å². The van der Waals surface area contributed by atoms with E-state index in [4.69, 9.17) is 5.73 Å². The molecule has 0 fully saturated rings. The second kappa shape index (κ2) is 8.00. The molecule has 1 aromatic carbocycles. The Balaban J connectivity index is 2.81. The highest BCUT2D eigenvalue weighted by atomic mass is 16.3. The molecule has 1 unspecified atom stereocenters. The van der Waals surface area contributed by atoms with Crippen LogP contribution in [0.5, 0.6) is 5.75 Å². The molecule has 5 nitrogen and oxygen atoms in total. The molecule has 0 radical (unpaired) electrons. The normalized spacial score (nSPS) is 12.6. The Bertz CT molecular complexity index is 461. The zero-order chi connectivity index (χ0) is 16.0. The van der Waals surface area contributed by atoms with Gasteiger partial charge in [-0.1, -0.05) is 26.0 Å². The van der Waals surface area contributed by atoms with Crippen LogP contribution < -0.4 is 11.1 Å². The number of aryl methyl sites for hydroxylation is 2. The molecule has 0 aliphatic heterocycles. The lowest BCUT2D eigenvalue weighted by Gasteiger charge is -2.22. The summed E-state index contributed by atoms with van der Waals surface area (Å²) in [6, 6.07) is 3.09. The lowest BCUT2D eigenvalue weighted by atomic mass is 10.00. The van der Waals surface area contributed by atoms with Gasteiger partial charge < -0.3 is 21.1 Å². The van der Waals surface area contributed by atoms with E-state index in [1.165, 1.54) is 0 Å². The molecule has 0 spiro atoms. The lowest BCUT2D eigenvalue weighted by Crippen LogP contribution is -2.38. The number of amides is 1. The fraction of sp³-hybridized carbons (Fsp3) is 0.562. The largest absolute Gasteiger partial charge is 0.507 e. The predicted molar refractivity (Wildman–Crippen MR) is 85.3 cm³/mol. The van der Waals surface area contributed by atoms with Crippen LogP contribution >= 0.6 is 0 Å². The molecular formula is C16H27N3O2. The molecule has 0 saturated heterocycles. The van der Waals surface area contributed by atoms with Gasteiger partial charge in [-0.15, -0.1) is 0 Å². The fourth-order valence-corrected chi connectivity index (χ4v) is 2.45. The first-order valence-corrected chi connectivity index (χ1v) is 7.45. The number of nitrogens with two attached hydrogens (primary N) is 1. The van der Waals surface area contributed by atoms with E-state index in [9.17, 15) is 9.90 Å². The third-order valence-electron chi connectivity index (χ3n) is 3.80. The number of hydrogen-bond donors (Lipinski definition) is 3. The third-order valence-corrected chi connectivity index (χ3v) is 3.80. The quantitative estimate of drug-likeness (QED) is 0.678. The summed E-state index contributed by atoms with van der Waals surface area (Å²) in [5.74, 6) is -0.135. The molecule has 0 aliphatic carbocycles. The van der Waals surface area contributed by atoms with E-state index in [0.717, 1.165) is 36.3 Å². The van der Waals surface area contributed by atoms with Gasteiger partial charge in [0, 0.05) is 13.1 Å². The Labute approximate surface area is 127 Å². The van der Waals surface area contributed by atoms with Crippen molar-refractivity contribution in [3.63, 3.8) is 0 Å². The number of benzene rings is 1. The van der Waals surface area contributed by atoms with Gasteiger partial charge in [0.05, 0.1) is 0 Å². The monoisotopic (exact) mass is 293 g/mol. The van der Waals surface area contributed by atoms with Crippen molar-refractivity contribution >= 4 is 5.91 Å². The van der Waals surface area contributed by atoms with E-state index in [2.05, 4.69) is 24.1 Å². The number of rotatable bonds is 8. The van der Waals surface area contributed by atoms with E-state index in [1.54, 1.807) is 0 Å². The molecule has 0 saturated carbocycles. The van der Waals surface area contributed by atoms with E-state index in [-0.39, 0.29) is 5.75 Å². The van der Waals surface area contributed by atoms with Crippen molar-refractivity contribution in [1.82, 2.24) is 10.2 Å². The maximum absolute atomic E-state index is 11.7. The molecular weight excluding hydrogens is 266 g/mol. The van der Waals surface area contributed by atoms with Gasteiger partial charge in [-0.3, -0.25) is 4.79 Å². The first-order valence-electron chi connectivity index (χ1n) is 7.45. The van der Waals surface area contributed by atoms with Gasteiger partial charge in [-0.25, -0.2) is 0 Å². The number of carbonyl (C=O) groups excluding carboxylic acids is 1. The van der Waals surface area contributed by atoms with Crippen LogP contribution in [-0.4, -0.2) is 42.1 Å². The Morgan fingerprint density at radius 2 is 1.81 bits per heavy atom. The summed E-state index contributed by atoms with van der Waals surface area (Å²) < 4.78 is 0. The van der Waals surface area contributed by atoms with Crippen LogP contribution in [0.15, 0.2) is 12.1 Å². The Hall–Kier alpha value is -1.59. The predicted octanol–water partition coefficient (Wildman–Crippen LogP) is 1.47. The van der Waals surface area contributed by atoms with Crippen molar-refractivity contribution in [2.75, 3.05) is 26.2 Å². The molecule has 1 aromatic rings. The average Bonchev–Trinajstić information content (AvgIpc) is 2.44. The molecule has 1 atom stereocenters. The van der Waals surface area contributed by atoms with Gasteiger partial charge in [-0.2, -0.15) is 0 Å². The van der Waals surface area contributed by atoms with Crippen LogP contribution in [0.1, 0.15) is 36.6 Å². The summed E-state index contributed by atoms with van der Waals surface area (Å²) in [7, 11) is 0. The van der Waals surface area contributed by atoms with Crippen LogP contribution in [0.2, 0.25) is 0 Å². The molecule has 5 heteroatoms. The minimum absolute atomic E-state index is 0.269. The number of hydrogen-bond acceptors (Lipinski definition) is 4. The number of nitrogens with one attached hydrogen (secondary N) is 1. The first kappa shape index (κ1) is 17.5. The summed E-state index contributed by atoms with van der Waals surface area (Å²) in [5.41, 5.74) is 7.82. The van der Waals surface area contributed by atoms with Crippen molar-refractivity contribution < 1.29 is 9.90 Å². The van der Waals surface area contributed by atoms with Crippen molar-refractivity contribution in [2.24, 2.45) is 5.73 Å². The van der Waals surface area contributed by atoms with Gasteiger partial charge in [-0.05, 0) is 43.6 Å². The Morgan fingerprint density at radius 1 is 1.29 bits per heavy atom. The number of likely N-dealkylation sites (N-methyl/N-ethyl adjacent to an activating group) is 1. The van der Waals surface area contributed by atoms with E-state index >= 15 is 0 Å². The van der Waals surface area contributed by atoms with Crippen LogP contribution in [0.4, 0.5) is 0 Å². The SMILES string of the molecule is CCN(CC)CCNC(C(N)=O)c1cc(C)c(O)c(C)c1. The lowest BCUT2D eigenvalue weighted by molar-refractivity contribution is -0.120. The molecule has 0 aliphatic rings.